The van der Waals surface area contributed by atoms with Crippen molar-refractivity contribution in [3.8, 4) is 0 Å². The maximum absolute atomic E-state index is 12.3. The maximum Gasteiger partial charge on any atom is 0.275 e. The molecule has 1 fully saturated rings. The van der Waals surface area contributed by atoms with E-state index in [9.17, 15) is 4.79 Å². The highest BCUT2D eigenvalue weighted by atomic mass is 35.5. The van der Waals surface area contributed by atoms with Gasteiger partial charge in [0.1, 0.15) is 0 Å². The second-order valence-corrected chi connectivity index (χ2v) is 4.88. The molecular formula is C11H19ClN4OS. The molecule has 1 saturated heterocycles. The molecule has 102 valence electrons. The van der Waals surface area contributed by atoms with Crippen molar-refractivity contribution in [2.24, 2.45) is 0 Å². The van der Waals surface area contributed by atoms with Crippen LogP contribution in [0.2, 0.25) is 0 Å². The quantitative estimate of drug-likeness (QED) is 0.914. The lowest BCUT2D eigenvalue weighted by Crippen LogP contribution is -2.46. The average Bonchev–Trinajstić information content (AvgIpc) is 2.90. The predicted molar refractivity (Wildman–Crippen MR) is 74.4 cm³/mol. The molecule has 0 unspecified atom stereocenters. The van der Waals surface area contributed by atoms with E-state index in [1.807, 2.05) is 4.90 Å². The van der Waals surface area contributed by atoms with Crippen LogP contribution < -0.4 is 5.32 Å². The van der Waals surface area contributed by atoms with E-state index in [-0.39, 0.29) is 18.3 Å². The average molecular weight is 291 g/mol. The van der Waals surface area contributed by atoms with Crippen LogP contribution in [0.15, 0.2) is 5.38 Å². The Kier molecular flexibility index (Phi) is 6.52. The van der Waals surface area contributed by atoms with Crippen LogP contribution in [0, 0.1) is 0 Å². The van der Waals surface area contributed by atoms with E-state index in [1.54, 1.807) is 5.38 Å². The molecule has 1 aromatic heterocycles. The number of hydrogen-bond donors (Lipinski definition) is 1. The minimum Gasteiger partial charge on any atom is -0.334 e. The van der Waals surface area contributed by atoms with Gasteiger partial charge in [0.15, 0.2) is 5.69 Å². The van der Waals surface area contributed by atoms with Crippen molar-refractivity contribution in [3.63, 3.8) is 0 Å². The second kappa shape index (κ2) is 7.66. The molecule has 1 amide bonds. The number of hydrogen-bond acceptors (Lipinski definition) is 5. The molecule has 1 N–H and O–H groups in total. The lowest BCUT2D eigenvalue weighted by Gasteiger charge is -2.34. The summed E-state index contributed by atoms with van der Waals surface area (Å²) in [7, 11) is 0. The summed E-state index contributed by atoms with van der Waals surface area (Å²) in [6.07, 6.45) is 3.04. The van der Waals surface area contributed by atoms with Gasteiger partial charge in [-0.25, -0.2) is 0 Å². The van der Waals surface area contributed by atoms with E-state index in [0.717, 1.165) is 38.9 Å². The Morgan fingerprint density at radius 2 is 2.28 bits per heavy atom. The third-order valence-electron chi connectivity index (χ3n) is 3.05. The summed E-state index contributed by atoms with van der Waals surface area (Å²) in [5, 5.41) is 8.93. The molecule has 0 bridgehead atoms. The molecule has 1 aromatic rings. The number of nitrogens with zero attached hydrogens (tertiary/aromatic N) is 3. The Balaban J connectivity index is 0.00000162. The number of rotatable bonds is 4. The van der Waals surface area contributed by atoms with E-state index >= 15 is 0 Å². The van der Waals surface area contributed by atoms with Gasteiger partial charge in [-0.3, -0.25) is 4.79 Å². The van der Waals surface area contributed by atoms with Crippen molar-refractivity contribution >= 4 is 29.8 Å². The molecule has 5 nitrogen and oxygen atoms in total. The van der Waals surface area contributed by atoms with Crippen LogP contribution >= 0.6 is 23.9 Å². The van der Waals surface area contributed by atoms with Crippen LogP contribution in [0.4, 0.5) is 0 Å². The first-order chi connectivity index (χ1) is 8.33. The van der Waals surface area contributed by atoms with Crippen LogP contribution in [0.1, 0.15) is 36.7 Å². The molecule has 0 saturated carbocycles. The predicted octanol–water partition coefficient (Wildman–Crippen LogP) is 1.56. The first-order valence-electron chi connectivity index (χ1n) is 6.11. The van der Waals surface area contributed by atoms with Gasteiger partial charge in [0.2, 0.25) is 0 Å². The first-order valence-corrected chi connectivity index (χ1v) is 6.95. The zero-order chi connectivity index (χ0) is 12.1. The number of aromatic nitrogens is 2. The normalized spacial score (nSPS) is 16.1. The van der Waals surface area contributed by atoms with Gasteiger partial charge >= 0.3 is 0 Å². The summed E-state index contributed by atoms with van der Waals surface area (Å²) in [5.41, 5.74) is 0.488. The van der Waals surface area contributed by atoms with E-state index in [2.05, 4.69) is 21.8 Å². The van der Waals surface area contributed by atoms with Crippen molar-refractivity contribution < 1.29 is 4.79 Å². The molecule has 1 aliphatic heterocycles. The van der Waals surface area contributed by atoms with E-state index in [0.29, 0.717) is 11.7 Å². The largest absolute Gasteiger partial charge is 0.334 e. The fraction of sp³-hybridized carbons (Fsp3) is 0.727. The van der Waals surface area contributed by atoms with Crippen LogP contribution in [0.3, 0.4) is 0 Å². The van der Waals surface area contributed by atoms with Gasteiger partial charge in [-0.15, -0.1) is 17.5 Å². The van der Waals surface area contributed by atoms with E-state index in [4.69, 9.17) is 0 Å². The van der Waals surface area contributed by atoms with Gasteiger partial charge < -0.3 is 10.2 Å². The number of piperidine rings is 1. The molecule has 0 aliphatic carbocycles. The molecular weight excluding hydrogens is 272 g/mol. The Morgan fingerprint density at radius 1 is 1.56 bits per heavy atom. The topological polar surface area (TPSA) is 58.1 Å². The molecule has 0 atom stereocenters. The Bertz CT molecular complexity index is 354. The SMILES string of the molecule is CCCN(C(=O)c1csnn1)C1CCNCC1.Cl. The van der Waals surface area contributed by atoms with Crippen molar-refractivity contribution in [3.05, 3.63) is 11.1 Å². The van der Waals surface area contributed by atoms with E-state index < -0.39 is 0 Å². The third kappa shape index (κ3) is 3.63. The molecule has 7 heteroatoms. The highest BCUT2D eigenvalue weighted by molar-refractivity contribution is 7.03. The third-order valence-corrected chi connectivity index (χ3v) is 3.56. The van der Waals surface area contributed by atoms with Crippen LogP contribution in [-0.4, -0.2) is 46.1 Å². The summed E-state index contributed by atoms with van der Waals surface area (Å²) in [6, 6.07) is 0.352. The summed E-state index contributed by atoms with van der Waals surface area (Å²) in [5.74, 6) is 0.0347. The van der Waals surface area contributed by atoms with Gasteiger partial charge in [0.25, 0.3) is 5.91 Å². The van der Waals surface area contributed by atoms with Gasteiger partial charge in [-0.05, 0) is 43.9 Å². The zero-order valence-corrected chi connectivity index (χ0v) is 12.1. The number of amides is 1. The fourth-order valence-electron chi connectivity index (χ4n) is 2.21. The summed E-state index contributed by atoms with van der Waals surface area (Å²) >= 11 is 1.23. The van der Waals surface area contributed by atoms with E-state index in [1.165, 1.54) is 11.5 Å². The standard InChI is InChI=1S/C11H18N4OS.ClH/c1-2-7-15(9-3-5-12-6-4-9)11(16)10-8-17-14-13-10;/h8-9,12H,2-7H2,1H3;1H. The van der Waals surface area contributed by atoms with Crippen molar-refractivity contribution in [2.75, 3.05) is 19.6 Å². The van der Waals surface area contributed by atoms with Crippen LogP contribution in [0.25, 0.3) is 0 Å². The van der Waals surface area contributed by atoms with Crippen molar-refractivity contribution in [1.82, 2.24) is 19.8 Å². The number of carbonyl (C=O) groups is 1. The van der Waals surface area contributed by atoms with Crippen LogP contribution in [-0.2, 0) is 0 Å². The molecule has 1 aliphatic rings. The molecule has 0 spiro atoms. The lowest BCUT2D eigenvalue weighted by atomic mass is 10.0. The van der Waals surface area contributed by atoms with Crippen molar-refractivity contribution in [1.29, 1.82) is 0 Å². The van der Waals surface area contributed by atoms with Gasteiger partial charge in [-0.2, -0.15) is 0 Å². The summed E-state index contributed by atoms with van der Waals surface area (Å²) < 4.78 is 3.76. The second-order valence-electron chi connectivity index (χ2n) is 4.27. The number of halogens is 1. The first kappa shape index (κ1) is 15.3. The number of carbonyl (C=O) groups excluding carboxylic acids is 1. The minimum absolute atomic E-state index is 0. The molecule has 0 aromatic carbocycles. The molecule has 18 heavy (non-hydrogen) atoms. The summed E-state index contributed by atoms with van der Waals surface area (Å²) in [4.78, 5) is 14.3. The minimum atomic E-state index is 0. The van der Waals surface area contributed by atoms with Crippen molar-refractivity contribution in [2.45, 2.75) is 32.2 Å². The summed E-state index contributed by atoms with van der Waals surface area (Å²) in [6.45, 7) is 4.89. The molecule has 2 rings (SSSR count). The molecule has 2 heterocycles. The van der Waals surface area contributed by atoms with Gasteiger partial charge in [-0.1, -0.05) is 11.4 Å². The molecule has 0 radical (unpaired) electrons. The Labute approximate surface area is 118 Å². The Hall–Kier alpha value is -0.720. The van der Waals surface area contributed by atoms with Gasteiger partial charge in [0.05, 0.1) is 0 Å². The van der Waals surface area contributed by atoms with Gasteiger partial charge in [0, 0.05) is 18.0 Å². The monoisotopic (exact) mass is 290 g/mol. The maximum atomic E-state index is 12.3. The highest BCUT2D eigenvalue weighted by Crippen LogP contribution is 2.15. The fourth-order valence-corrected chi connectivity index (χ4v) is 2.64. The lowest BCUT2D eigenvalue weighted by molar-refractivity contribution is 0.0636. The Morgan fingerprint density at radius 3 is 2.83 bits per heavy atom. The number of nitrogens with one attached hydrogen (secondary N) is 1. The smallest absolute Gasteiger partial charge is 0.275 e. The highest BCUT2D eigenvalue weighted by Gasteiger charge is 2.26. The zero-order valence-electron chi connectivity index (χ0n) is 10.5. The van der Waals surface area contributed by atoms with Crippen LogP contribution in [0.5, 0.6) is 0 Å².